The number of esters is 1. The summed E-state index contributed by atoms with van der Waals surface area (Å²) in [5.74, 6) is -1.24. The van der Waals surface area contributed by atoms with E-state index in [1.165, 1.54) is 16.4 Å². The summed E-state index contributed by atoms with van der Waals surface area (Å²) in [6.07, 6.45) is 0. The van der Waals surface area contributed by atoms with Crippen LogP contribution >= 0.6 is 11.6 Å². The van der Waals surface area contributed by atoms with Crippen LogP contribution in [0.25, 0.3) is 0 Å². The first-order chi connectivity index (χ1) is 14.2. The number of nitrogens with zero attached hydrogens (tertiary/aromatic N) is 1. The van der Waals surface area contributed by atoms with E-state index in [0.717, 1.165) is 5.56 Å². The molecule has 2 aromatic carbocycles. The zero-order chi connectivity index (χ0) is 22.3. The van der Waals surface area contributed by atoms with Gasteiger partial charge in [-0.2, -0.15) is 4.31 Å². The Bertz CT molecular complexity index is 1000. The normalized spacial score (nSPS) is 11.4. The van der Waals surface area contributed by atoms with E-state index in [1.807, 2.05) is 0 Å². The van der Waals surface area contributed by atoms with Crippen molar-refractivity contribution in [2.45, 2.75) is 32.2 Å². The smallest absolute Gasteiger partial charge is 0.338 e. The van der Waals surface area contributed by atoms with Gasteiger partial charge >= 0.3 is 5.97 Å². The average molecular weight is 453 g/mol. The second-order valence-electron chi connectivity index (χ2n) is 6.55. The highest BCUT2D eigenvalue weighted by molar-refractivity contribution is 7.89. The van der Waals surface area contributed by atoms with Crippen molar-refractivity contribution in [1.82, 2.24) is 9.62 Å². The van der Waals surface area contributed by atoms with Crippen molar-refractivity contribution in [1.29, 1.82) is 0 Å². The van der Waals surface area contributed by atoms with Crippen LogP contribution in [-0.2, 0) is 26.1 Å². The first-order valence-corrected chi connectivity index (χ1v) is 11.3. The van der Waals surface area contributed by atoms with Crippen molar-refractivity contribution >= 4 is 33.5 Å². The Kier molecular flexibility index (Phi) is 8.40. The fourth-order valence-corrected chi connectivity index (χ4v) is 4.61. The monoisotopic (exact) mass is 452 g/mol. The lowest BCUT2D eigenvalue weighted by atomic mass is 10.1. The Morgan fingerprint density at radius 2 is 1.70 bits per heavy atom. The third-order valence-electron chi connectivity index (χ3n) is 4.48. The molecule has 7 nitrogen and oxygen atoms in total. The largest absolute Gasteiger partial charge is 0.452 e. The van der Waals surface area contributed by atoms with Crippen LogP contribution in [0, 0.1) is 6.92 Å². The number of sulfonamides is 1. The molecule has 0 heterocycles. The molecule has 0 saturated carbocycles. The van der Waals surface area contributed by atoms with Gasteiger partial charge in [-0.25, -0.2) is 13.2 Å². The molecule has 0 bridgehead atoms. The number of carbonyl (C=O) groups excluding carboxylic acids is 2. The number of hydrogen-bond acceptors (Lipinski definition) is 5. The van der Waals surface area contributed by atoms with Gasteiger partial charge in [-0.05, 0) is 42.3 Å². The highest BCUT2D eigenvalue weighted by Gasteiger charge is 2.25. The Morgan fingerprint density at radius 1 is 1.07 bits per heavy atom. The molecule has 0 atom stereocenters. The van der Waals surface area contributed by atoms with E-state index in [4.69, 9.17) is 16.3 Å². The van der Waals surface area contributed by atoms with Crippen LogP contribution in [0.5, 0.6) is 0 Å². The highest BCUT2D eigenvalue weighted by atomic mass is 35.5. The molecule has 2 rings (SSSR count). The second-order valence-corrected chi connectivity index (χ2v) is 8.89. The number of carbonyl (C=O) groups is 2. The maximum atomic E-state index is 12.8. The number of benzene rings is 2. The molecule has 0 spiro atoms. The number of aryl methyl sites for hydroxylation is 1. The number of nitrogens with one attached hydrogen (secondary N) is 1. The van der Waals surface area contributed by atoms with E-state index < -0.39 is 28.5 Å². The number of halogens is 1. The van der Waals surface area contributed by atoms with Gasteiger partial charge in [0.05, 0.1) is 10.5 Å². The van der Waals surface area contributed by atoms with Crippen LogP contribution in [0.15, 0.2) is 47.4 Å². The third kappa shape index (κ3) is 6.04. The van der Waals surface area contributed by atoms with Gasteiger partial charge in [0.1, 0.15) is 0 Å². The molecule has 9 heteroatoms. The summed E-state index contributed by atoms with van der Waals surface area (Å²) in [6, 6.07) is 11.3. The fraction of sp³-hybridized carbons (Fsp3) is 0.333. The summed E-state index contributed by atoms with van der Waals surface area (Å²) in [6.45, 7) is 5.59. The van der Waals surface area contributed by atoms with Crippen molar-refractivity contribution in [3.8, 4) is 0 Å². The maximum absolute atomic E-state index is 12.8. The lowest BCUT2D eigenvalue weighted by molar-refractivity contribution is -0.124. The molecule has 2 aromatic rings. The molecular formula is C21H25ClN2O5S. The molecule has 0 saturated heterocycles. The average Bonchev–Trinajstić information content (AvgIpc) is 2.72. The van der Waals surface area contributed by atoms with Crippen LogP contribution < -0.4 is 5.32 Å². The van der Waals surface area contributed by atoms with Crippen LogP contribution in [0.1, 0.15) is 35.3 Å². The van der Waals surface area contributed by atoms with E-state index in [2.05, 4.69) is 5.32 Å². The predicted octanol–water partition coefficient (Wildman–Crippen LogP) is 3.15. The minimum Gasteiger partial charge on any atom is -0.452 e. The van der Waals surface area contributed by atoms with Gasteiger partial charge in [0.25, 0.3) is 5.91 Å². The lowest BCUT2D eigenvalue weighted by Crippen LogP contribution is -2.31. The quantitative estimate of drug-likeness (QED) is 0.590. The standard InChI is InChI=1S/C21H25ClN2O5S/c1-4-24(5-2)30(27,28)19-12-17(9-6-15(19)3)21(26)29-14-20(25)23-13-16-7-10-18(22)11-8-16/h6-12H,4-5,13-14H2,1-3H3,(H,23,25). The lowest BCUT2D eigenvalue weighted by Gasteiger charge is -2.20. The Balaban J connectivity index is 2.01. The molecule has 1 amide bonds. The summed E-state index contributed by atoms with van der Waals surface area (Å²) in [5.41, 5.74) is 1.44. The minimum atomic E-state index is -3.72. The SMILES string of the molecule is CCN(CC)S(=O)(=O)c1cc(C(=O)OCC(=O)NCc2ccc(Cl)cc2)ccc1C. The van der Waals surface area contributed by atoms with E-state index >= 15 is 0 Å². The molecule has 0 aliphatic carbocycles. The molecule has 0 radical (unpaired) electrons. The molecular weight excluding hydrogens is 428 g/mol. The van der Waals surface area contributed by atoms with Gasteiger partial charge < -0.3 is 10.1 Å². The minimum absolute atomic E-state index is 0.0489. The molecule has 0 fully saturated rings. The second kappa shape index (κ2) is 10.6. The molecule has 1 N–H and O–H groups in total. The van der Waals surface area contributed by atoms with Gasteiger partial charge in [0.2, 0.25) is 10.0 Å². The molecule has 0 aliphatic rings. The predicted molar refractivity (Wildman–Crippen MR) is 115 cm³/mol. The van der Waals surface area contributed by atoms with Crippen LogP contribution in [-0.4, -0.2) is 44.3 Å². The fourth-order valence-electron chi connectivity index (χ4n) is 2.78. The van der Waals surface area contributed by atoms with Crippen LogP contribution in [0.2, 0.25) is 5.02 Å². The van der Waals surface area contributed by atoms with Gasteiger partial charge in [-0.1, -0.05) is 43.6 Å². The summed E-state index contributed by atoms with van der Waals surface area (Å²) in [4.78, 5) is 24.3. The van der Waals surface area contributed by atoms with E-state index in [-0.39, 0.29) is 17.0 Å². The molecule has 0 aliphatic heterocycles. The number of ether oxygens (including phenoxy) is 1. The summed E-state index contributed by atoms with van der Waals surface area (Å²) in [7, 11) is -3.72. The summed E-state index contributed by atoms with van der Waals surface area (Å²) in [5, 5.41) is 3.24. The number of rotatable bonds is 9. The topological polar surface area (TPSA) is 92.8 Å². The summed E-state index contributed by atoms with van der Waals surface area (Å²) < 4.78 is 31.9. The first-order valence-electron chi connectivity index (χ1n) is 9.48. The molecule has 0 unspecified atom stereocenters. The van der Waals surface area contributed by atoms with Gasteiger partial charge in [-0.3, -0.25) is 4.79 Å². The van der Waals surface area contributed by atoms with Crippen molar-refractivity contribution in [3.63, 3.8) is 0 Å². The maximum Gasteiger partial charge on any atom is 0.338 e. The Labute approximate surface area is 182 Å². The summed E-state index contributed by atoms with van der Waals surface area (Å²) >= 11 is 5.81. The molecule has 162 valence electrons. The van der Waals surface area contributed by atoms with E-state index in [1.54, 1.807) is 51.1 Å². The van der Waals surface area contributed by atoms with Crippen molar-refractivity contribution in [3.05, 3.63) is 64.2 Å². The number of hydrogen-bond donors (Lipinski definition) is 1. The highest BCUT2D eigenvalue weighted by Crippen LogP contribution is 2.21. The van der Waals surface area contributed by atoms with E-state index in [9.17, 15) is 18.0 Å². The van der Waals surface area contributed by atoms with Gasteiger partial charge in [0, 0.05) is 24.7 Å². The first kappa shape index (κ1) is 23.9. The number of amides is 1. The van der Waals surface area contributed by atoms with Crippen LogP contribution in [0.4, 0.5) is 0 Å². The van der Waals surface area contributed by atoms with Crippen molar-refractivity contribution in [2.75, 3.05) is 19.7 Å². The van der Waals surface area contributed by atoms with Gasteiger partial charge in [-0.15, -0.1) is 0 Å². The molecule has 0 aromatic heterocycles. The van der Waals surface area contributed by atoms with Crippen molar-refractivity contribution in [2.24, 2.45) is 0 Å². The molecule has 30 heavy (non-hydrogen) atoms. The zero-order valence-electron chi connectivity index (χ0n) is 17.1. The van der Waals surface area contributed by atoms with Gasteiger partial charge in [0.15, 0.2) is 6.61 Å². The van der Waals surface area contributed by atoms with Crippen LogP contribution in [0.3, 0.4) is 0 Å². The van der Waals surface area contributed by atoms with E-state index in [0.29, 0.717) is 23.7 Å². The Morgan fingerprint density at radius 3 is 2.30 bits per heavy atom. The zero-order valence-corrected chi connectivity index (χ0v) is 18.7. The Hall–Kier alpha value is -2.42. The third-order valence-corrected chi connectivity index (χ3v) is 6.93. The van der Waals surface area contributed by atoms with Crippen molar-refractivity contribution < 1.29 is 22.7 Å².